The van der Waals surface area contributed by atoms with E-state index in [4.69, 9.17) is 0 Å². The van der Waals surface area contributed by atoms with Gasteiger partial charge in [0.1, 0.15) is 0 Å². The first kappa shape index (κ1) is 20.1. The van der Waals surface area contributed by atoms with Crippen LogP contribution < -0.4 is 4.31 Å². The molecule has 2 aromatic rings. The number of rotatable bonds is 6. The maximum atomic E-state index is 12.7. The number of sulfonamides is 1. The van der Waals surface area contributed by atoms with Crippen molar-refractivity contribution < 1.29 is 21.6 Å². The van der Waals surface area contributed by atoms with Crippen LogP contribution in [0.1, 0.15) is 36.1 Å². The minimum Gasteiger partial charge on any atom is -0.268 e. The number of anilines is 1. The summed E-state index contributed by atoms with van der Waals surface area (Å²) >= 11 is 0. The molecule has 7 nitrogen and oxygen atoms in total. The molecule has 0 aliphatic heterocycles. The molecule has 144 valence electrons. The number of aromatic nitrogens is 4. The van der Waals surface area contributed by atoms with Crippen LogP contribution in [0.4, 0.5) is 19.0 Å². The summed E-state index contributed by atoms with van der Waals surface area (Å²) < 4.78 is 65.2. The number of nitrogens with zero attached hydrogens (tertiary/aromatic N) is 5. The van der Waals surface area contributed by atoms with E-state index in [1.54, 1.807) is 17.7 Å². The molecular formula is C15H20F3N5O2S. The highest BCUT2D eigenvalue weighted by molar-refractivity contribution is 7.92. The quantitative estimate of drug-likeness (QED) is 0.756. The lowest BCUT2D eigenvalue weighted by Crippen LogP contribution is -2.30. The molecule has 0 aromatic carbocycles. The highest BCUT2D eigenvalue weighted by atomic mass is 32.2. The molecule has 0 fully saturated rings. The van der Waals surface area contributed by atoms with E-state index in [1.807, 2.05) is 6.92 Å². The lowest BCUT2D eigenvalue weighted by atomic mass is 10.2. The molecular weight excluding hydrogens is 371 g/mol. The summed E-state index contributed by atoms with van der Waals surface area (Å²) in [5.41, 5.74) is 1.12. The van der Waals surface area contributed by atoms with Crippen molar-refractivity contribution >= 4 is 15.8 Å². The van der Waals surface area contributed by atoms with Crippen LogP contribution in [0.25, 0.3) is 0 Å². The van der Waals surface area contributed by atoms with Crippen LogP contribution in [0.15, 0.2) is 12.3 Å². The Morgan fingerprint density at radius 2 is 1.92 bits per heavy atom. The number of alkyl halides is 3. The zero-order chi connectivity index (χ0) is 19.7. The van der Waals surface area contributed by atoms with Gasteiger partial charge in [0, 0.05) is 35.8 Å². The second-order valence-corrected chi connectivity index (χ2v) is 7.85. The molecule has 2 heterocycles. The van der Waals surface area contributed by atoms with Crippen LogP contribution in [0, 0.1) is 13.8 Å². The molecule has 0 radical (unpaired) electrons. The van der Waals surface area contributed by atoms with Crippen LogP contribution in [0.3, 0.4) is 0 Å². The molecule has 0 aliphatic rings. The van der Waals surface area contributed by atoms with Crippen LogP contribution in [0.5, 0.6) is 0 Å². The van der Waals surface area contributed by atoms with Gasteiger partial charge < -0.3 is 0 Å². The Hall–Kier alpha value is -2.17. The first-order chi connectivity index (χ1) is 11.9. The molecule has 0 N–H and O–H groups in total. The van der Waals surface area contributed by atoms with Crippen molar-refractivity contribution in [3.63, 3.8) is 0 Å². The van der Waals surface area contributed by atoms with Gasteiger partial charge in [0.15, 0.2) is 5.82 Å². The molecule has 0 saturated heterocycles. The van der Waals surface area contributed by atoms with Gasteiger partial charge in [-0.1, -0.05) is 6.92 Å². The van der Waals surface area contributed by atoms with Gasteiger partial charge in [-0.25, -0.2) is 22.7 Å². The van der Waals surface area contributed by atoms with Crippen molar-refractivity contribution in [2.24, 2.45) is 0 Å². The highest BCUT2D eigenvalue weighted by Gasteiger charge is 2.35. The molecule has 26 heavy (non-hydrogen) atoms. The molecule has 2 rings (SSSR count). The molecule has 0 spiro atoms. The Morgan fingerprint density at radius 1 is 1.27 bits per heavy atom. The van der Waals surface area contributed by atoms with Crippen molar-refractivity contribution in [3.05, 3.63) is 35.0 Å². The lowest BCUT2D eigenvalue weighted by molar-refractivity contribution is -0.145. The summed E-state index contributed by atoms with van der Waals surface area (Å²) in [4.78, 5) is 6.75. The first-order valence-electron chi connectivity index (χ1n) is 7.85. The molecule has 0 amide bonds. The molecule has 11 heteroatoms. The third-order valence-electron chi connectivity index (χ3n) is 3.71. The van der Waals surface area contributed by atoms with Crippen molar-refractivity contribution in [1.82, 2.24) is 19.7 Å². The van der Waals surface area contributed by atoms with Gasteiger partial charge in [0.25, 0.3) is 0 Å². The first-order valence-corrected chi connectivity index (χ1v) is 9.70. The van der Waals surface area contributed by atoms with E-state index in [0.29, 0.717) is 6.54 Å². The molecule has 0 bridgehead atoms. The van der Waals surface area contributed by atoms with Gasteiger partial charge in [-0.3, -0.25) is 4.68 Å². The van der Waals surface area contributed by atoms with Gasteiger partial charge in [0.05, 0.1) is 12.8 Å². The minimum atomic E-state index is -4.66. The smallest absolute Gasteiger partial charge is 0.268 e. The van der Waals surface area contributed by atoms with Crippen molar-refractivity contribution in [2.75, 3.05) is 10.6 Å². The Labute approximate surface area is 149 Å². The number of aryl methyl sites for hydroxylation is 3. The zero-order valence-corrected chi connectivity index (χ0v) is 15.7. The number of halogens is 3. The van der Waals surface area contributed by atoms with E-state index >= 15 is 0 Å². The van der Waals surface area contributed by atoms with Gasteiger partial charge in [-0.05, 0) is 20.3 Å². The number of hydrogen-bond donors (Lipinski definition) is 0. The van der Waals surface area contributed by atoms with Crippen molar-refractivity contribution in [2.45, 2.75) is 46.5 Å². The summed E-state index contributed by atoms with van der Waals surface area (Å²) in [6.45, 7) is 5.59. The average Bonchev–Trinajstić information content (AvgIpc) is 2.84. The zero-order valence-electron chi connectivity index (χ0n) is 14.9. The van der Waals surface area contributed by atoms with E-state index in [9.17, 15) is 21.6 Å². The maximum Gasteiger partial charge on any atom is 0.451 e. The van der Waals surface area contributed by atoms with Gasteiger partial charge in [-0.15, -0.1) is 0 Å². The molecule has 2 aromatic heterocycles. The average molecular weight is 391 g/mol. The van der Waals surface area contributed by atoms with Crippen LogP contribution in [0.2, 0.25) is 0 Å². The Kier molecular flexibility index (Phi) is 5.59. The van der Waals surface area contributed by atoms with E-state index in [1.165, 1.54) is 6.92 Å². The SMILES string of the molecule is CCCn1nc(N(Cc2cnc(C(F)(F)F)nc2C)S(C)(=O)=O)cc1C. The molecule has 0 saturated carbocycles. The predicted molar refractivity (Wildman–Crippen MR) is 90.1 cm³/mol. The van der Waals surface area contributed by atoms with Crippen LogP contribution in [-0.2, 0) is 29.3 Å². The largest absolute Gasteiger partial charge is 0.451 e. The third kappa shape index (κ3) is 4.51. The van der Waals surface area contributed by atoms with Crippen LogP contribution >= 0.6 is 0 Å². The summed E-state index contributed by atoms with van der Waals surface area (Å²) in [5, 5.41) is 4.29. The summed E-state index contributed by atoms with van der Waals surface area (Å²) in [6, 6.07) is 1.62. The summed E-state index contributed by atoms with van der Waals surface area (Å²) in [5.74, 6) is -1.05. The molecule has 0 unspecified atom stereocenters. The predicted octanol–water partition coefficient (Wildman–Crippen LogP) is 2.68. The standard InChI is InChI=1S/C15H20F3N5O2S/c1-5-6-22-10(2)7-13(21-22)23(26(4,24)25)9-12-8-19-14(15(16,17)18)20-11(12)3/h7-8H,5-6,9H2,1-4H3. The van der Waals surface area contributed by atoms with E-state index in [0.717, 1.165) is 28.9 Å². The summed E-state index contributed by atoms with van der Waals surface area (Å²) in [6.07, 6.45) is -1.82. The second-order valence-electron chi connectivity index (χ2n) is 5.94. The maximum absolute atomic E-state index is 12.7. The molecule has 0 aliphatic carbocycles. The fraction of sp³-hybridized carbons (Fsp3) is 0.533. The lowest BCUT2D eigenvalue weighted by Gasteiger charge is -2.20. The highest BCUT2D eigenvalue weighted by Crippen LogP contribution is 2.27. The number of hydrogen-bond acceptors (Lipinski definition) is 5. The third-order valence-corrected chi connectivity index (χ3v) is 4.82. The molecule has 0 atom stereocenters. The van der Waals surface area contributed by atoms with E-state index in [-0.39, 0.29) is 23.6 Å². The van der Waals surface area contributed by atoms with Gasteiger partial charge >= 0.3 is 6.18 Å². The Bertz CT molecular complexity index is 893. The van der Waals surface area contributed by atoms with E-state index < -0.39 is 22.0 Å². The Morgan fingerprint density at radius 3 is 2.42 bits per heavy atom. The van der Waals surface area contributed by atoms with Crippen molar-refractivity contribution in [3.8, 4) is 0 Å². The van der Waals surface area contributed by atoms with Gasteiger partial charge in [0.2, 0.25) is 15.8 Å². The second kappa shape index (κ2) is 7.22. The summed E-state index contributed by atoms with van der Waals surface area (Å²) in [7, 11) is -3.71. The fourth-order valence-electron chi connectivity index (χ4n) is 2.36. The normalized spacial score (nSPS) is 12.4. The topological polar surface area (TPSA) is 81.0 Å². The van der Waals surface area contributed by atoms with Gasteiger partial charge in [-0.2, -0.15) is 18.3 Å². The van der Waals surface area contributed by atoms with Crippen molar-refractivity contribution in [1.29, 1.82) is 0 Å². The fourth-order valence-corrected chi connectivity index (χ4v) is 3.16. The van der Waals surface area contributed by atoms with Crippen LogP contribution in [-0.4, -0.2) is 34.4 Å². The minimum absolute atomic E-state index is 0.0608. The Balaban J connectivity index is 2.40. The monoisotopic (exact) mass is 391 g/mol. The van der Waals surface area contributed by atoms with E-state index in [2.05, 4.69) is 15.1 Å².